The van der Waals surface area contributed by atoms with E-state index in [1.165, 1.54) is 16.7 Å². The van der Waals surface area contributed by atoms with Gasteiger partial charge in [-0.15, -0.1) is 23.4 Å². The molecule has 2 aliphatic heterocycles. The van der Waals surface area contributed by atoms with Crippen LogP contribution in [0.5, 0.6) is 0 Å². The molecule has 0 spiro atoms. The van der Waals surface area contributed by atoms with Crippen LogP contribution in [0.2, 0.25) is 0 Å². The molecule has 1 fully saturated rings. The Hall–Kier alpha value is -1.30. The van der Waals surface area contributed by atoms with E-state index in [-0.39, 0.29) is 35.1 Å². The Balaban J connectivity index is 1.70. The third kappa shape index (κ3) is 4.42. The number of hydrogen-bond acceptors (Lipinski definition) is 5. The van der Waals surface area contributed by atoms with E-state index in [0.29, 0.717) is 17.7 Å². The molecule has 27 heavy (non-hydrogen) atoms. The molecule has 2 aliphatic rings. The maximum atomic E-state index is 12.7. The average Bonchev–Trinajstić information content (AvgIpc) is 2.65. The van der Waals surface area contributed by atoms with Crippen LogP contribution in [0.25, 0.3) is 0 Å². The van der Waals surface area contributed by atoms with Crippen molar-refractivity contribution in [3.63, 3.8) is 0 Å². The number of hydrogen-bond donors (Lipinski definition) is 0. The molecule has 2 unspecified atom stereocenters. The molecule has 3 atom stereocenters. The highest BCUT2D eigenvalue weighted by molar-refractivity contribution is 8.00. The first-order valence-electron chi connectivity index (χ1n) is 8.41. The van der Waals surface area contributed by atoms with Crippen molar-refractivity contribution in [3.05, 3.63) is 47.2 Å². The van der Waals surface area contributed by atoms with Crippen LogP contribution < -0.4 is 0 Å². The van der Waals surface area contributed by atoms with Crippen molar-refractivity contribution in [3.8, 4) is 0 Å². The van der Waals surface area contributed by atoms with Crippen LogP contribution in [0.15, 0.2) is 41.6 Å². The summed E-state index contributed by atoms with van der Waals surface area (Å²) in [6, 6.07) is 9.44. The van der Waals surface area contributed by atoms with Gasteiger partial charge in [-0.2, -0.15) is 0 Å². The van der Waals surface area contributed by atoms with E-state index in [1.54, 1.807) is 6.66 Å². The first-order valence-corrected chi connectivity index (χ1v) is 11.8. The number of rotatable bonds is 7. The lowest BCUT2D eigenvalue weighted by molar-refractivity contribution is -0.153. The number of benzene rings is 1. The van der Waals surface area contributed by atoms with Crippen LogP contribution >= 0.6 is 31.4 Å². The summed E-state index contributed by atoms with van der Waals surface area (Å²) in [6.07, 6.45) is 0.463. The molecular formula is C18H18BClNO4PS. The van der Waals surface area contributed by atoms with E-state index in [2.05, 4.69) is 0 Å². The SMILES string of the molecule is [B]P(C)OC(=O)C1=C(CCl)CSC2[C@H](CC(=O)Cc3ccccc3)C(=O)N12. The summed E-state index contributed by atoms with van der Waals surface area (Å²) < 4.78 is 5.14. The molecule has 1 aromatic rings. The lowest BCUT2D eigenvalue weighted by atomic mass is 9.89. The fourth-order valence-electron chi connectivity index (χ4n) is 3.22. The molecule has 0 bridgehead atoms. The number of halogens is 1. The van der Waals surface area contributed by atoms with Gasteiger partial charge < -0.3 is 4.52 Å². The summed E-state index contributed by atoms with van der Waals surface area (Å²) in [5.41, 5.74) is 1.78. The highest BCUT2D eigenvalue weighted by atomic mass is 35.5. The van der Waals surface area contributed by atoms with E-state index in [0.717, 1.165) is 5.56 Å². The minimum Gasteiger partial charge on any atom is -0.452 e. The molecule has 1 amide bonds. The zero-order chi connectivity index (χ0) is 19.6. The second-order valence-electron chi connectivity index (χ2n) is 6.43. The van der Waals surface area contributed by atoms with Crippen molar-refractivity contribution in [2.45, 2.75) is 18.2 Å². The Morgan fingerprint density at radius 2 is 2.07 bits per heavy atom. The molecule has 3 rings (SSSR count). The van der Waals surface area contributed by atoms with Crippen LogP contribution in [-0.4, -0.2) is 53.8 Å². The second-order valence-corrected chi connectivity index (χ2v) is 9.08. The lowest BCUT2D eigenvalue weighted by Crippen LogP contribution is -2.62. The van der Waals surface area contributed by atoms with E-state index in [9.17, 15) is 14.4 Å². The topological polar surface area (TPSA) is 63.7 Å². The number of ketones is 1. The summed E-state index contributed by atoms with van der Waals surface area (Å²) in [4.78, 5) is 38.9. The Morgan fingerprint density at radius 1 is 1.37 bits per heavy atom. The highest BCUT2D eigenvalue weighted by Gasteiger charge is 2.53. The molecule has 0 aromatic heterocycles. The maximum Gasteiger partial charge on any atom is 0.356 e. The zero-order valence-corrected chi connectivity index (χ0v) is 17.2. The first-order chi connectivity index (χ1) is 12.9. The average molecular weight is 422 g/mol. The normalized spacial score (nSPS) is 22.7. The molecule has 1 saturated heterocycles. The minimum atomic E-state index is -1.39. The predicted molar refractivity (Wildman–Crippen MR) is 109 cm³/mol. The predicted octanol–water partition coefficient (Wildman–Crippen LogP) is 2.87. The molecule has 2 radical (unpaired) electrons. The van der Waals surface area contributed by atoms with Gasteiger partial charge >= 0.3 is 5.97 Å². The van der Waals surface area contributed by atoms with Crippen LogP contribution in [0.3, 0.4) is 0 Å². The van der Waals surface area contributed by atoms with E-state index in [1.807, 2.05) is 30.3 Å². The molecule has 1 aromatic carbocycles. The Bertz CT molecular complexity index is 789. The van der Waals surface area contributed by atoms with E-state index >= 15 is 0 Å². The van der Waals surface area contributed by atoms with Crippen molar-refractivity contribution in [2.24, 2.45) is 5.92 Å². The van der Waals surface area contributed by atoms with Crippen molar-refractivity contribution >= 4 is 56.6 Å². The number of amides is 1. The highest BCUT2D eigenvalue weighted by Crippen LogP contribution is 2.46. The van der Waals surface area contributed by atoms with Gasteiger partial charge in [0.1, 0.15) is 11.5 Å². The van der Waals surface area contributed by atoms with Crippen molar-refractivity contribution in [1.82, 2.24) is 4.90 Å². The third-order valence-corrected chi connectivity index (χ3v) is 6.60. The summed E-state index contributed by atoms with van der Waals surface area (Å²) >= 11 is 7.48. The number of fused-ring (bicyclic) bond motifs is 1. The summed E-state index contributed by atoms with van der Waals surface area (Å²) in [6.45, 7) is 1.60. The summed E-state index contributed by atoms with van der Waals surface area (Å²) in [7, 11) is 4.21. The van der Waals surface area contributed by atoms with Gasteiger partial charge in [0.05, 0.1) is 11.3 Å². The smallest absolute Gasteiger partial charge is 0.356 e. The number of alkyl halides is 1. The van der Waals surface area contributed by atoms with Gasteiger partial charge in [0.15, 0.2) is 7.57 Å². The molecular weight excluding hydrogens is 404 g/mol. The zero-order valence-electron chi connectivity index (χ0n) is 14.8. The molecule has 0 aliphatic carbocycles. The molecule has 5 nitrogen and oxygen atoms in total. The Labute approximate surface area is 170 Å². The van der Waals surface area contributed by atoms with Crippen LogP contribution in [0.1, 0.15) is 12.0 Å². The van der Waals surface area contributed by atoms with Crippen LogP contribution in [0.4, 0.5) is 0 Å². The molecule has 2 heterocycles. The van der Waals surface area contributed by atoms with Crippen LogP contribution in [-0.2, 0) is 25.3 Å². The molecule has 0 saturated carbocycles. The van der Waals surface area contributed by atoms with Gasteiger partial charge in [-0.1, -0.05) is 30.3 Å². The lowest BCUT2D eigenvalue weighted by Gasteiger charge is -2.49. The van der Waals surface area contributed by atoms with Gasteiger partial charge in [0.25, 0.3) is 0 Å². The molecule has 140 valence electrons. The maximum absolute atomic E-state index is 12.7. The summed E-state index contributed by atoms with van der Waals surface area (Å²) in [5.74, 6) is -0.604. The number of Topliss-reactive ketones (excluding diaryl/α,β-unsaturated/α-hetero) is 1. The number of nitrogens with zero attached hydrogens (tertiary/aromatic N) is 1. The standard InChI is InChI=1S/C18H18BClNO4PS/c1-26(19)25-18(24)15-12(9-20)10-27-17-14(16(23)21(15)17)8-13(22)7-11-5-3-2-4-6-11/h2-6,14,17H,7-10H2,1H3/t14-,17?,26?/m1/s1. The molecule has 0 N–H and O–H groups in total. The fourth-order valence-corrected chi connectivity index (χ4v) is 5.32. The Kier molecular flexibility index (Phi) is 6.67. The van der Waals surface area contributed by atoms with Crippen molar-refractivity contribution < 1.29 is 18.9 Å². The van der Waals surface area contributed by atoms with Crippen molar-refractivity contribution in [2.75, 3.05) is 18.3 Å². The fraction of sp³-hybridized carbons (Fsp3) is 0.389. The van der Waals surface area contributed by atoms with Gasteiger partial charge in [-0.05, 0) is 17.8 Å². The largest absolute Gasteiger partial charge is 0.452 e. The van der Waals surface area contributed by atoms with Crippen molar-refractivity contribution in [1.29, 1.82) is 0 Å². The third-order valence-electron chi connectivity index (χ3n) is 4.43. The van der Waals surface area contributed by atoms with Gasteiger partial charge in [0.2, 0.25) is 5.91 Å². The molecule has 9 heteroatoms. The second kappa shape index (κ2) is 8.81. The number of β-lactam (4-membered cyclic amide) rings is 1. The van der Waals surface area contributed by atoms with Crippen LogP contribution in [0, 0.1) is 5.92 Å². The number of carbonyl (C=O) groups excluding carboxylic acids is 3. The quantitative estimate of drug-likeness (QED) is 0.293. The van der Waals surface area contributed by atoms with Gasteiger partial charge in [0, 0.05) is 32.5 Å². The van der Waals surface area contributed by atoms with Gasteiger partial charge in [-0.3, -0.25) is 14.5 Å². The van der Waals surface area contributed by atoms with E-state index < -0.39 is 19.9 Å². The number of thioether (sulfide) groups is 1. The van der Waals surface area contributed by atoms with E-state index in [4.69, 9.17) is 23.7 Å². The summed E-state index contributed by atoms with van der Waals surface area (Å²) in [5, 5.41) is -0.243. The Morgan fingerprint density at radius 3 is 2.70 bits per heavy atom. The minimum absolute atomic E-state index is 0.00934. The number of carbonyl (C=O) groups is 3. The monoisotopic (exact) mass is 421 g/mol. The van der Waals surface area contributed by atoms with Gasteiger partial charge in [-0.25, -0.2) is 4.79 Å². The first kappa shape index (κ1) is 20.4.